The topological polar surface area (TPSA) is 64.9 Å². The summed E-state index contributed by atoms with van der Waals surface area (Å²) in [5.41, 5.74) is 3.82. The van der Waals surface area contributed by atoms with E-state index in [1.807, 2.05) is 48.5 Å². The smallest absolute Gasteiger partial charge is 0.227 e. The first-order valence-corrected chi connectivity index (χ1v) is 8.34. The summed E-state index contributed by atoms with van der Waals surface area (Å²) < 4.78 is 0. The van der Waals surface area contributed by atoms with E-state index in [-0.39, 0.29) is 11.8 Å². The van der Waals surface area contributed by atoms with Crippen LogP contribution in [0.4, 0.5) is 5.69 Å². The average Bonchev–Trinajstić information content (AvgIpc) is 2.54. The van der Waals surface area contributed by atoms with E-state index in [1.54, 1.807) is 0 Å². The predicted octanol–water partition coefficient (Wildman–Crippen LogP) is 3.59. The summed E-state index contributed by atoms with van der Waals surface area (Å²) in [6, 6.07) is 17.7. The fourth-order valence-corrected chi connectivity index (χ4v) is 2.72. The molecule has 1 aliphatic carbocycles. The minimum Gasteiger partial charge on any atom is -0.326 e. The van der Waals surface area contributed by atoms with Gasteiger partial charge in [-0.1, -0.05) is 30.7 Å². The minimum atomic E-state index is 0.143. The van der Waals surface area contributed by atoms with E-state index in [0.717, 1.165) is 49.2 Å². The summed E-state index contributed by atoms with van der Waals surface area (Å²) in [4.78, 5) is 12.0. The second-order valence-electron chi connectivity index (χ2n) is 6.23. The molecule has 1 saturated carbocycles. The van der Waals surface area contributed by atoms with Crippen LogP contribution in [-0.2, 0) is 17.9 Å². The molecule has 0 bridgehead atoms. The highest BCUT2D eigenvalue weighted by molar-refractivity contribution is 5.93. The molecule has 0 unspecified atom stereocenters. The lowest BCUT2D eigenvalue weighted by Crippen LogP contribution is -2.28. The van der Waals surface area contributed by atoms with Gasteiger partial charge in [0, 0.05) is 24.7 Å². The lowest BCUT2D eigenvalue weighted by Gasteiger charge is -2.24. The first-order valence-electron chi connectivity index (χ1n) is 8.34. The highest BCUT2D eigenvalue weighted by atomic mass is 16.1. The van der Waals surface area contributed by atoms with Gasteiger partial charge >= 0.3 is 0 Å². The normalized spacial score (nSPS) is 13.8. The fraction of sp³-hybridized carbons (Fsp3) is 0.300. The Kier molecular flexibility index (Phi) is 5.25. The van der Waals surface area contributed by atoms with Crippen LogP contribution in [0.25, 0.3) is 0 Å². The van der Waals surface area contributed by atoms with Crippen molar-refractivity contribution in [1.82, 2.24) is 5.32 Å². The maximum absolute atomic E-state index is 12.0. The van der Waals surface area contributed by atoms with Crippen LogP contribution < -0.4 is 10.6 Å². The quantitative estimate of drug-likeness (QED) is 0.855. The van der Waals surface area contributed by atoms with Gasteiger partial charge in [-0.2, -0.15) is 5.26 Å². The van der Waals surface area contributed by atoms with Gasteiger partial charge in [0.25, 0.3) is 0 Å². The molecule has 0 aromatic heterocycles. The highest BCUT2D eigenvalue weighted by Crippen LogP contribution is 2.27. The summed E-state index contributed by atoms with van der Waals surface area (Å²) in [5.74, 6) is 0.340. The number of carbonyl (C=O) groups excluding carboxylic acids is 1. The molecule has 3 rings (SSSR count). The maximum atomic E-state index is 12.0. The Morgan fingerprint density at radius 3 is 2.50 bits per heavy atom. The van der Waals surface area contributed by atoms with Crippen LogP contribution in [0.1, 0.15) is 36.0 Å². The number of anilines is 1. The lowest BCUT2D eigenvalue weighted by molar-refractivity contribution is -0.122. The number of nitriles is 1. The monoisotopic (exact) mass is 319 g/mol. The Labute approximate surface area is 142 Å². The third-order valence-corrected chi connectivity index (χ3v) is 4.41. The van der Waals surface area contributed by atoms with Gasteiger partial charge in [-0.15, -0.1) is 0 Å². The lowest BCUT2D eigenvalue weighted by atomic mass is 9.85. The second kappa shape index (κ2) is 7.76. The number of nitrogens with one attached hydrogen (secondary N) is 2. The molecule has 0 atom stereocenters. The van der Waals surface area contributed by atoms with Gasteiger partial charge in [-0.05, 0) is 48.2 Å². The van der Waals surface area contributed by atoms with E-state index in [4.69, 9.17) is 5.26 Å². The van der Waals surface area contributed by atoms with E-state index in [1.165, 1.54) is 0 Å². The molecule has 1 aliphatic rings. The van der Waals surface area contributed by atoms with Crippen molar-refractivity contribution >= 4 is 11.6 Å². The van der Waals surface area contributed by atoms with Crippen LogP contribution in [0, 0.1) is 17.2 Å². The van der Waals surface area contributed by atoms with Crippen molar-refractivity contribution < 1.29 is 4.79 Å². The SMILES string of the molecule is N#Cc1ccc(CNCc2cccc(NC(=O)C3CCC3)c2)cc1. The molecule has 0 spiro atoms. The van der Waals surface area contributed by atoms with E-state index < -0.39 is 0 Å². The predicted molar refractivity (Wildman–Crippen MR) is 94.1 cm³/mol. The van der Waals surface area contributed by atoms with E-state index in [2.05, 4.69) is 16.7 Å². The van der Waals surface area contributed by atoms with E-state index in [0.29, 0.717) is 5.56 Å². The standard InChI is InChI=1S/C20H21N3O/c21-12-15-7-9-16(10-8-15)13-22-14-17-3-1-6-19(11-17)23-20(24)18-4-2-5-18/h1,3,6-11,18,22H,2,4-5,13-14H2,(H,23,24). The molecule has 2 aromatic rings. The van der Waals surface area contributed by atoms with Gasteiger partial charge in [0.15, 0.2) is 0 Å². The van der Waals surface area contributed by atoms with Crippen LogP contribution in [-0.4, -0.2) is 5.91 Å². The first-order chi connectivity index (χ1) is 11.7. The zero-order chi connectivity index (χ0) is 16.8. The number of rotatable bonds is 6. The Balaban J connectivity index is 1.50. The number of hydrogen-bond donors (Lipinski definition) is 2. The summed E-state index contributed by atoms with van der Waals surface area (Å²) in [6.45, 7) is 1.47. The molecule has 4 nitrogen and oxygen atoms in total. The molecule has 0 saturated heterocycles. The van der Waals surface area contributed by atoms with Crippen molar-refractivity contribution in [3.8, 4) is 6.07 Å². The molecule has 122 valence electrons. The number of carbonyl (C=O) groups is 1. The number of nitrogens with zero attached hydrogens (tertiary/aromatic N) is 1. The Bertz CT molecular complexity index is 742. The summed E-state index contributed by atoms with van der Waals surface area (Å²) in [6.07, 6.45) is 3.19. The minimum absolute atomic E-state index is 0.143. The van der Waals surface area contributed by atoms with Gasteiger partial charge in [-0.3, -0.25) is 4.79 Å². The number of hydrogen-bond acceptors (Lipinski definition) is 3. The van der Waals surface area contributed by atoms with Crippen molar-refractivity contribution in [1.29, 1.82) is 5.26 Å². The molecule has 4 heteroatoms. The molecular weight excluding hydrogens is 298 g/mol. The molecular formula is C20H21N3O. The van der Waals surface area contributed by atoms with Crippen LogP contribution in [0.3, 0.4) is 0 Å². The average molecular weight is 319 g/mol. The Morgan fingerprint density at radius 1 is 1.08 bits per heavy atom. The largest absolute Gasteiger partial charge is 0.326 e. The third kappa shape index (κ3) is 4.21. The number of benzene rings is 2. The van der Waals surface area contributed by atoms with Crippen LogP contribution in [0.2, 0.25) is 0 Å². The summed E-state index contributed by atoms with van der Waals surface area (Å²) in [5, 5.41) is 15.2. The molecule has 0 aliphatic heterocycles. The molecule has 0 radical (unpaired) electrons. The molecule has 1 amide bonds. The van der Waals surface area contributed by atoms with Gasteiger partial charge < -0.3 is 10.6 Å². The van der Waals surface area contributed by atoms with Gasteiger partial charge in [0.05, 0.1) is 11.6 Å². The van der Waals surface area contributed by atoms with Crippen LogP contribution in [0.15, 0.2) is 48.5 Å². The van der Waals surface area contributed by atoms with Crippen molar-refractivity contribution in [3.05, 3.63) is 65.2 Å². The third-order valence-electron chi connectivity index (χ3n) is 4.41. The molecule has 0 heterocycles. The zero-order valence-electron chi connectivity index (χ0n) is 13.6. The van der Waals surface area contributed by atoms with E-state index in [9.17, 15) is 4.79 Å². The van der Waals surface area contributed by atoms with Gasteiger partial charge in [0.2, 0.25) is 5.91 Å². The Morgan fingerprint density at radius 2 is 1.83 bits per heavy atom. The first kappa shape index (κ1) is 16.2. The van der Waals surface area contributed by atoms with E-state index >= 15 is 0 Å². The second-order valence-corrected chi connectivity index (χ2v) is 6.23. The van der Waals surface area contributed by atoms with Crippen molar-refractivity contribution in [3.63, 3.8) is 0 Å². The van der Waals surface area contributed by atoms with Crippen LogP contribution >= 0.6 is 0 Å². The summed E-state index contributed by atoms with van der Waals surface area (Å²) >= 11 is 0. The van der Waals surface area contributed by atoms with Gasteiger partial charge in [-0.25, -0.2) is 0 Å². The molecule has 2 N–H and O–H groups in total. The van der Waals surface area contributed by atoms with Crippen molar-refractivity contribution in [2.45, 2.75) is 32.4 Å². The van der Waals surface area contributed by atoms with Crippen LogP contribution in [0.5, 0.6) is 0 Å². The molecule has 2 aromatic carbocycles. The van der Waals surface area contributed by atoms with Crippen molar-refractivity contribution in [2.24, 2.45) is 5.92 Å². The molecule has 1 fully saturated rings. The van der Waals surface area contributed by atoms with Crippen molar-refractivity contribution in [2.75, 3.05) is 5.32 Å². The van der Waals surface area contributed by atoms with Gasteiger partial charge in [0.1, 0.15) is 0 Å². The highest BCUT2D eigenvalue weighted by Gasteiger charge is 2.25. The molecule has 24 heavy (non-hydrogen) atoms. The number of amides is 1. The summed E-state index contributed by atoms with van der Waals surface area (Å²) in [7, 11) is 0. The fourth-order valence-electron chi connectivity index (χ4n) is 2.72. The maximum Gasteiger partial charge on any atom is 0.227 e. The Hall–Kier alpha value is -2.64. The zero-order valence-corrected chi connectivity index (χ0v) is 13.6.